The van der Waals surface area contributed by atoms with E-state index in [1.807, 2.05) is 18.2 Å². The molecule has 0 saturated heterocycles. The van der Waals surface area contributed by atoms with Gasteiger partial charge in [0.05, 0.1) is 23.8 Å². The van der Waals surface area contributed by atoms with Gasteiger partial charge in [-0.05, 0) is 34.1 Å². The predicted octanol–water partition coefficient (Wildman–Crippen LogP) is 2.62. The predicted molar refractivity (Wildman–Crippen MR) is 75.3 cm³/mol. The van der Waals surface area contributed by atoms with Gasteiger partial charge in [0.25, 0.3) is 0 Å². The van der Waals surface area contributed by atoms with Crippen LogP contribution in [0.25, 0.3) is 0 Å². The van der Waals surface area contributed by atoms with Crippen LogP contribution < -0.4 is 11.1 Å². The number of hydrogen-bond acceptors (Lipinski definition) is 4. The Morgan fingerprint density at radius 2 is 2.00 bits per heavy atom. The topological polar surface area (TPSA) is 63.8 Å². The maximum Gasteiger partial charge on any atom is 0.115 e. The minimum absolute atomic E-state index is 0.375. The summed E-state index contributed by atoms with van der Waals surface area (Å²) in [7, 11) is 0. The third-order valence-electron chi connectivity index (χ3n) is 2.09. The zero-order chi connectivity index (χ0) is 12.3. The molecule has 2 rings (SSSR count). The Bertz CT molecular complexity index is 544. The molecule has 0 unspecified atom stereocenters. The molecule has 2 aromatic rings. The normalized spacial score (nSPS) is 9.94. The second-order valence-corrected chi connectivity index (χ2v) is 4.61. The van der Waals surface area contributed by atoms with Crippen LogP contribution in [0.2, 0.25) is 0 Å². The van der Waals surface area contributed by atoms with Crippen LogP contribution >= 0.6 is 28.1 Å². The SMILES string of the molecule is NC(=S)c1ccc(Nc2cncnc2)c(Br)c1. The van der Waals surface area contributed by atoms with Crippen molar-refractivity contribution in [3.63, 3.8) is 0 Å². The molecule has 0 aliphatic carbocycles. The zero-order valence-electron chi connectivity index (χ0n) is 8.72. The van der Waals surface area contributed by atoms with Gasteiger partial charge in [0.15, 0.2) is 0 Å². The fourth-order valence-corrected chi connectivity index (χ4v) is 1.89. The first kappa shape index (κ1) is 11.9. The average Bonchev–Trinajstić information content (AvgIpc) is 2.33. The minimum atomic E-state index is 0.375. The molecule has 3 N–H and O–H groups in total. The van der Waals surface area contributed by atoms with E-state index in [0.717, 1.165) is 21.4 Å². The molecule has 1 aromatic carbocycles. The second-order valence-electron chi connectivity index (χ2n) is 3.31. The molecule has 17 heavy (non-hydrogen) atoms. The van der Waals surface area contributed by atoms with E-state index in [-0.39, 0.29) is 0 Å². The highest BCUT2D eigenvalue weighted by Gasteiger charge is 2.03. The Balaban J connectivity index is 2.26. The highest BCUT2D eigenvalue weighted by Crippen LogP contribution is 2.26. The zero-order valence-corrected chi connectivity index (χ0v) is 11.1. The van der Waals surface area contributed by atoms with E-state index >= 15 is 0 Å². The molecule has 0 spiro atoms. The number of anilines is 2. The van der Waals surface area contributed by atoms with Crippen molar-refractivity contribution in [3.8, 4) is 0 Å². The molecule has 0 radical (unpaired) electrons. The van der Waals surface area contributed by atoms with Crippen molar-refractivity contribution < 1.29 is 0 Å². The molecule has 0 fully saturated rings. The largest absolute Gasteiger partial charge is 0.389 e. The van der Waals surface area contributed by atoms with Crippen molar-refractivity contribution in [1.29, 1.82) is 0 Å². The first-order valence-corrected chi connectivity index (χ1v) is 5.98. The molecular weight excluding hydrogens is 300 g/mol. The summed E-state index contributed by atoms with van der Waals surface area (Å²) in [6.45, 7) is 0. The summed E-state index contributed by atoms with van der Waals surface area (Å²) in [4.78, 5) is 8.23. The van der Waals surface area contributed by atoms with Crippen LogP contribution in [0.4, 0.5) is 11.4 Å². The average molecular weight is 309 g/mol. The van der Waals surface area contributed by atoms with E-state index in [1.165, 1.54) is 6.33 Å². The summed E-state index contributed by atoms with van der Waals surface area (Å²) in [6, 6.07) is 5.62. The lowest BCUT2D eigenvalue weighted by atomic mass is 10.2. The molecule has 0 aliphatic rings. The van der Waals surface area contributed by atoms with Crippen LogP contribution in [0.5, 0.6) is 0 Å². The lowest BCUT2D eigenvalue weighted by Gasteiger charge is -2.09. The van der Waals surface area contributed by atoms with Gasteiger partial charge in [-0.3, -0.25) is 0 Å². The first-order chi connectivity index (χ1) is 8.16. The number of nitrogens with two attached hydrogens (primary N) is 1. The summed E-state index contributed by atoms with van der Waals surface area (Å²) in [6.07, 6.45) is 4.87. The summed E-state index contributed by atoms with van der Waals surface area (Å²) in [5.74, 6) is 0. The number of nitrogens with one attached hydrogen (secondary N) is 1. The monoisotopic (exact) mass is 308 g/mol. The molecule has 0 aliphatic heterocycles. The van der Waals surface area contributed by atoms with Gasteiger partial charge in [0.2, 0.25) is 0 Å². The maximum atomic E-state index is 5.56. The number of halogens is 1. The molecule has 1 aromatic heterocycles. The third kappa shape index (κ3) is 2.98. The lowest BCUT2D eigenvalue weighted by Crippen LogP contribution is -2.09. The van der Waals surface area contributed by atoms with E-state index in [4.69, 9.17) is 18.0 Å². The van der Waals surface area contributed by atoms with Gasteiger partial charge in [0.1, 0.15) is 11.3 Å². The van der Waals surface area contributed by atoms with Crippen molar-refractivity contribution >= 4 is 44.5 Å². The summed E-state index contributed by atoms with van der Waals surface area (Å²) >= 11 is 8.37. The van der Waals surface area contributed by atoms with Crippen molar-refractivity contribution in [1.82, 2.24) is 9.97 Å². The molecule has 4 nitrogen and oxygen atoms in total. The van der Waals surface area contributed by atoms with E-state index in [2.05, 4.69) is 31.2 Å². The van der Waals surface area contributed by atoms with Crippen LogP contribution in [0.3, 0.4) is 0 Å². The van der Waals surface area contributed by atoms with Gasteiger partial charge in [-0.1, -0.05) is 12.2 Å². The van der Waals surface area contributed by atoms with Crippen LogP contribution in [0, 0.1) is 0 Å². The quantitative estimate of drug-likeness (QED) is 0.853. The summed E-state index contributed by atoms with van der Waals surface area (Å²) in [5, 5.41) is 3.18. The third-order valence-corrected chi connectivity index (χ3v) is 2.98. The highest BCUT2D eigenvalue weighted by molar-refractivity contribution is 9.10. The van der Waals surface area contributed by atoms with Gasteiger partial charge in [0, 0.05) is 10.0 Å². The fourth-order valence-electron chi connectivity index (χ4n) is 1.29. The number of benzene rings is 1. The molecule has 1 heterocycles. The van der Waals surface area contributed by atoms with Crippen LogP contribution in [-0.2, 0) is 0 Å². The van der Waals surface area contributed by atoms with Crippen molar-refractivity contribution in [2.75, 3.05) is 5.32 Å². The fraction of sp³-hybridized carbons (Fsp3) is 0. The molecule has 0 atom stereocenters. The molecule has 86 valence electrons. The van der Waals surface area contributed by atoms with Crippen LogP contribution in [-0.4, -0.2) is 15.0 Å². The number of nitrogens with zero attached hydrogens (tertiary/aromatic N) is 2. The Kier molecular flexibility index (Phi) is 3.65. The van der Waals surface area contributed by atoms with Crippen molar-refractivity contribution in [2.45, 2.75) is 0 Å². The van der Waals surface area contributed by atoms with Crippen molar-refractivity contribution in [3.05, 3.63) is 47.0 Å². The Labute approximate surface area is 112 Å². The van der Waals surface area contributed by atoms with Gasteiger partial charge < -0.3 is 11.1 Å². The summed E-state index contributed by atoms with van der Waals surface area (Å²) < 4.78 is 0.881. The number of hydrogen-bond donors (Lipinski definition) is 2. The summed E-state index contributed by atoms with van der Waals surface area (Å²) in [5.41, 5.74) is 8.10. The van der Waals surface area contributed by atoms with Crippen LogP contribution in [0.15, 0.2) is 41.4 Å². The van der Waals surface area contributed by atoms with Gasteiger partial charge >= 0.3 is 0 Å². The van der Waals surface area contributed by atoms with E-state index in [9.17, 15) is 0 Å². The standard InChI is InChI=1S/C11H9BrN4S/c12-9-3-7(11(13)17)1-2-10(9)16-8-4-14-6-15-5-8/h1-6,16H,(H2,13,17). The number of thiocarbonyl (C=S) groups is 1. The van der Waals surface area contributed by atoms with Gasteiger partial charge in [-0.25, -0.2) is 9.97 Å². The Hall–Kier alpha value is -1.53. The molecule has 0 amide bonds. The van der Waals surface area contributed by atoms with Gasteiger partial charge in [-0.2, -0.15) is 0 Å². The second kappa shape index (κ2) is 5.20. The Morgan fingerprint density at radius 3 is 2.59 bits per heavy atom. The lowest BCUT2D eigenvalue weighted by molar-refractivity contribution is 1.17. The highest BCUT2D eigenvalue weighted by atomic mass is 79.9. The Morgan fingerprint density at radius 1 is 1.29 bits per heavy atom. The number of rotatable bonds is 3. The minimum Gasteiger partial charge on any atom is -0.389 e. The first-order valence-electron chi connectivity index (χ1n) is 4.78. The molecule has 0 bridgehead atoms. The molecule has 6 heteroatoms. The van der Waals surface area contributed by atoms with Crippen LogP contribution in [0.1, 0.15) is 5.56 Å². The number of aromatic nitrogens is 2. The molecular formula is C11H9BrN4S. The molecule has 0 saturated carbocycles. The van der Waals surface area contributed by atoms with Crippen molar-refractivity contribution in [2.24, 2.45) is 5.73 Å². The van der Waals surface area contributed by atoms with Gasteiger partial charge in [-0.15, -0.1) is 0 Å². The van der Waals surface area contributed by atoms with E-state index in [1.54, 1.807) is 12.4 Å². The van der Waals surface area contributed by atoms with E-state index in [0.29, 0.717) is 4.99 Å². The smallest absolute Gasteiger partial charge is 0.115 e. The maximum absolute atomic E-state index is 5.56. The van der Waals surface area contributed by atoms with E-state index < -0.39 is 0 Å².